The van der Waals surface area contributed by atoms with Gasteiger partial charge in [-0.3, -0.25) is 5.11 Å². The average molecular weight is 354 g/mol. The minimum Gasteiger partial charge on any atom is -0.416 e. The van der Waals surface area contributed by atoms with Crippen molar-refractivity contribution in [2.75, 3.05) is 0 Å². The van der Waals surface area contributed by atoms with E-state index in [4.69, 9.17) is 23.2 Å². The van der Waals surface area contributed by atoms with E-state index in [0.717, 1.165) is 10.7 Å². The topological polar surface area (TPSA) is 47.0 Å². The first kappa shape index (κ1) is 16.8. The smallest absolute Gasteiger partial charge is 0.388 e. The molecule has 0 N–H and O–H groups in total. The lowest BCUT2D eigenvalue weighted by molar-refractivity contribution is -0.0552. The summed E-state index contributed by atoms with van der Waals surface area (Å²) in [5, 5.41) is 15.1. The van der Waals surface area contributed by atoms with Gasteiger partial charge in [-0.25, -0.2) is 9.07 Å². The first-order valence-corrected chi connectivity index (χ1v) is 6.89. The molecule has 0 atom stereocenters. The van der Waals surface area contributed by atoms with E-state index < -0.39 is 24.1 Å². The standard InChI is InChI=1S/C13H10Cl2F3N2O2/c1-3-5-8(14)7(21)4-6(10(5)16)11-9(15)12(20(2)19-11)22-13(17)18/h4,13H,3H2,1-2H3. The van der Waals surface area contributed by atoms with Crippen molar-refractivity contribution in [3.8, 4) is 22.9 Å². The molecule has 1 heterocycles. The number of halogens is 5. The monoisotopic (exact) mass is 353 g/mol. The van der Waals surface area contributed by atoms with E-state index in [2.05, 4.69) is 9.84 Å². The number of ether oxygens (including phenoxy) is 1. The highest BCUT2D eigenvalue weighted by molar-refractivity contribution is 6.35. The van der Waals surface area contributed by atoms with Crippen LogP contribution in [0.3, 0.4) is 0 Å². The van der Waals surface area contributed by atoms with Gasteiger partial charge in [-0.05, 0) is 12.5 Å². The zero-order valence-electron chi connectivity index (χ0n) is 11.5. The van der Waals surface area contributed by atoms with E-state index in [0.29, 0.717) is 0 Å². The Kier molecular flexibility index (Phi) is 4.77. The second-order valence-corrected chi connectivity index (χ2v) is 5.11. The molecule has 1 aromatic carbocycles. The second kappa shape index (κ2) is 6.26. The third-order valence-corrected chi connectivity index (χ3v) is 3.76. The summed E-state index contributed by atoms with van der Waals surface area (Å²) < 4.78 is 44.3. The normalized spacial score (nSPS) is 11.3. The Hall–Kier alpha value is -1.60. The fraction of sp³-hybridized carbons (Fsp3) is 0.308. The predicted octanol–water partition coefficient (Wildman–Crippen LogP) is 4.84. The van der Waals surface area contributed by atoms with Gasteiger partial charge in [0.15, 0.2) is 5.75 Å². The van der Waals surface area contributed by atoms with E-state index >= 15 is 0 Å². The molecule has 0 saturated heterocycles. The van der Waals surface area contributed by atoms with Gasteiger partial charge in [0.2, 0.25) is 5.88 Å². The zero-order valence-corrected chi connectivity index (χ0v) is 13.0. The van der Waals surface area contributed by atoms with Gasteiger partial charge in [0.25, 0.3) is 0 Å². The summed E-state index contributed by atoms with van der Waals surface area (Å²) in [4.78, 5) is 0. The van der Waals surface area contributed by atoms with Crippen LogP contribution >= 0.6 is 23.2 Å². The summed E-state index contributed by atoms with van der Waals surface area (Å²) >= 11 is 11.7. The van der Waals surface area contributed by atoms with Crippen molar-refractivity contribution in [1.82, 2.24) is 9.78 Å². The maximum atomic E-state index is 14.5. The molecule has 119 valence electrons. The SMILES string of the molecule is CCc1c(F)c(-c2nn(C)c(OC(F)F)c2Cl)cc([O])c1Cl. The summed E-state index contributed by atoms with van der Waals surface area (Å²) in [6.45, 7) is -1.49. The number of hydrogen-bond acceptors (Lipinski definition) is 2. The lowest BCUT2D eigenvalue weighted by Crippen LogP contribution is -2.06. The fourth-order valence-corrected chi connectivity index (χ4v) is 2.59. The Labute approximate surface area is 134 Å². The first-order valence-electron chi connectivity index (χ1n) is 6.13. The van der Waals surface area contributed by atoms with Crippen molar-refractivity contribution >= 4 is 23.2 Å². The van der Waals surface area contributed by atoms with Crippen LogP contribution in [0.4, 0.5) is 13.2 Å². The van der Waals surface area contributed by atoms with Crippen LogP contribution in [0.15, 0.2) is 6.07 Å². The van der Waals surface area contributed by atoms with Crippen LogP contribution in [0, 0.1) is 5.82 Å². The van der Waals surface area contributed by atoms with Crippen LogP contribution in [0.1, 0.15) is 12.5 Å². The molecular formula is C13H10Cl2F3N2O2. The molecule has 0 amide bonds. The molecule has 0 aliphatic carbocycles. The van der Waals surface area contributed by atoms with Crippen LogP contribution in [-0.2, 0) is 18.6 Å². The van der Waals surface area contributed by atoms with Crippen molar-refractivity contribution < 1.29 is 23.0 Å². The van der Waals surface area contributed by atoms with Gasteiger partial charge >= 0.3 is 6.61 Å². The molecule has 0 bridgehead atoms. The number of rotatable bonds is 4. The van der Waals surface area contributed by atoms with Crippen molar-refractivity contribution in [1.29, 1.82) is 0 Å². The van der Waals surface area contributed by atoms with E-state index in [1.54, 1.807) is 6.92 Å². The van der Waals surface area contributed by atoms with Crippen LogP contribution in [0.2, 0.25) is 10.0 Å². The summed E-state index contributed by atoms with van der Waals surface area (Å²) in [7, 11) is 1.31. The Bertz CT molecular complexity index is 720. The molecule has 0 spiro atoms. The van der Waals surface area contributed by atoms with E-state index in [-0.39, 0.29) is 33.3 Å². The Balaban J connectivity index is 2.65. The molecule has 2 aromatic rings. The molecule has 22 heavy (non-hydrogen) atoms. The third kappa shape index (κ3) is 2.83. The zero-order chi connectivity index (χ0) is 16.6. The molecule has 2 rings (SSSR count). The highest BCUT2D eigenvalue weighted by atomic mass is 35.5. The third-order valence-electron chi connectivity index (χ3n) is 3.01. The average Bonchev–Trinajstić information content (AvgIpc) is 2.71. The van der Waals surface area contributed by atoms with Crippen molar-refractivity contribution in [3.05, 3.63) is 27.5 Å². The number of aromatic nitrogens is 2. The molecular weight excluding hydrogens is 344 g/mol. The first-order chi connectivity index (χ1) is 10.3. The number of alkyl halides is 2. The predicted molar refractivity (Wildman–Crippen MR) is 74.8 cm³/mol. The molecule has 0 unspecified atom stereocenters. The number of aryl methyl sites for hydroxylation is 1. The van der Waals surface area contributed by atoms with Gasteiger partial charge < -0.3 is 4.74 Å². The van der Waals surface area contributed by atoms with Crippen molar-refractivity contribution in [2.45, 2.75) is 20.0 Å². The Morgan fingerprint density at radius 1 is 1.36 bits per heavy atom. The molecule has 0 saturated carbocycles. The molecule has 1 radical (unpaired) electrons. The number of hydrogen-bond donors (Lipinski definition) is 0. The lowest BCUT2D eigenvalue weighted by atomic mass is 10.0. The van der Waals surface area contributed by atoms with Crippen molar-refractivity contribution in [2.24, 2.45) is 7.05 Å². The fourth-order valence-electron chi connectivity index (χ4n) is 2.02. The van der Waals surface area contributed by atoms with Gasteiger partial charge in [-0.15, -0.1) is 0 Å². The van der Waals surface area contributed by atoms with Crippen LogP contribution in [0.25, 0.3) is 11.3 Å². The van der Waals surface area contributed by atoms with Gasteiger partial charge in [-0.2, -0.15) is 13.9 Å². The van der Waals surface area contributed by atoms with Gasteiger partial charge in [0.1, 0.15) is 16.5 Å². The number of benzene rings is 1. The number of nitrogens with zero attached hydrogens (tertiary/aromatic N) is 2. The van der Waals surface area contributed by atoms with Gasteiger partial charge in [-0.1, -0.05) is 30.1 Å². The van der Waals surface area contributed by atoms with E-state index in [1.165, 1.54) is 7.05 Å². The summed E-state index contributed by atoms with van der Waals surface area (Å²) in [6.07, 6.45) is 0.179. The Morgan fingerprint density at radius 3 is 2.55 bits per heavy atom. The summed E-state index contributed by atoms with van der Waals surface area (Å²) in [5.41, 5.74) is -0.362. The molecule has 0 aliphatic rings. The molecule has 4 nitrogen and oxygen atoms in total. The Morgan fingerprint density at radius 2 is 2.00 bits per heavy atom. The lowest BCUT2D eigenvalue weighted by Gasteiger charge is -2.08. The van der Waals surface area contributed by atoms with E-state index in [1.807, 2.05) is 0 Å². The van der Waals surface area contributed by atoms with Crippen LogP contribution in [0.5, 0.6) is 11.6 Å². The van der Waals surface area contributed by atoms with Gasteiger partial charge in [0, 0.05) is 18.2 Å². The molecule has 0 fully saturated rings. The summed E-state index contributed by atoms with van der Waals surface area (Å²) in [6, 6.07) is 0.928. The maximum Gasteiger partial charge on any atom is 0.388 e. The van der Waals surface area contributed by atoms with Crippen molar-refractivity contribution in [3.63, 3.8) is 0 Å². The molecule has 9 heteroatoms. The maximum absolute atomic E-state index is 14.5. The van der Waals surface area contributed by atoms with Gasteiger partial charge in [0.05, 0.1) is 5.02 Å². The molecule has 0 aliphatic heterocycles. The highest BCUT2D eigenvalue weighted by Crippen LogP contribution is 2.41. The second-order valence-electron chi connectivity index (χ2n) is 4.35. The molecule has 1 aromatic heterocycles. The minimum absolute atomic E-state index is 0.0159. The van der Waals surface area contributed by atoms with Crippen LogP contribution < -0.4 is 4.74 Å². The summed E-state index contributed by atoms with van der Waals surface area (Å²) in [5.74, 6) is -1.80. The minimum atomic E-state index is -3.11. The largest absolute Gasteiger partial charge is 0.416 e. The van der Waals surface area contributed by atoms with Crippen LogP contribution in [-0.4, -0.2) is 16.4 Å². The quantitative estimate of drug-likeness (QED) is 0.789. The highest BCUT2D eigenvalue weighted by Gasteiger charge is 2.25. The van der Waals surface area contributed by atoms with E-state index in [9.17, 15) is 18.3 Å².